The molecule has 0 aliphatic carbocycles. The van der Waals surface area contributed by atoms with Crippen molar-refractivity contribution in [3.8, 4) is 0 Å². The summed E-state index contributed by atoms with van der Waals surface area (Å²) in [6.07, 6.45) is 4.97. The van der Waals surface area contributed by atoms with Crippen LogP contribution in [0.4, 0.5) is 5.82 Å². The molecule has 5 nitrogen and oxygen atoms in total. The van der Waals surface area contributed by atoms with E-state index in [0.29, 0.717) is 0 Å². The van der Waals surface area contributed by atoms with Gasteiger partial charge in [-0.1, -0.05) is 24.3 Å². The number of nitrogens with one attached hydrogen (secondary N) is 1. The Bertz CT molecular complexity index is 898. The first kappa shape index (κ1) is 14.0. The Labute approximate surface area is 141 Å². The molecule has 4 heterocycles. The van der Waals surface area contributed by atoms with Gasteiger partial charge >= 0.3 is 0 Å². The number of benzene rings is 1. The van der Waals surface area contributed by atoms with Gasteiger partial charge in [0.1, 0.15) is 5.82 Å². The van der Waals surface area contributed by atoms with Gasteiger partial charge in [-0.3, -0.25) is 0 Å². The third-order valence-corrected chi connectivity index (χ3v) is 5.21. The highest BCUT2D eigenvalue weighted by molar-refractivity contribution is 5.58. The number of hydrogen-bond donors (Lipinski definition) is 1. The van der Waals surface area contributed by atoms with E-state index in [9.17, 15) is 0 Å². The molecule has 2 aliphatic rings. The van der Waals surface area contributed by atoms with Crippen LogP contribution in [-0.2, 0) is 25.8 Å². The van der Waals surface area contributed by atoms with Crippen LogP contribution in [0.3, 0.4) is 0 Å². The van der Waals surface area contributed by atoms with Crippen molar-refractivity contribution >= 4 is 11.5 Å². The highest BCUT2D eigenvalue weighted by atomic mass is 15.3. The van der Waals surface area contributed by atoms with E-state index in [4.69, 9.17) is 4.98 Å². The number of fused-ring (bicyclic) bond motifs is 3. The van der Waals surface area contributed by atoms with Crippen molar-refractivity contribution in [1.82, 2.24) is 19.9 Å². The van der Waals surface area contributed by atoms with Crippen molar-refractivity contribution < 1.29 is 0 Å². The zero-order valence-electron chi connectivity index (χ0n) is 13.7. The minimum absolute atomic E-state index is 0.953. The number of rotatable bonds is 1. The van der Waals surface area contributed by atoms with Gasteiger partial charge in [-0.15, -0.1) is 0 Å². The fraction of sp³-hybridized carbons (Fsp3) is 0.368. The van der Waals surface area contributed by atoms with Gasteiger partial charge in [0, 0.05) is 37.7 Å². The van der Waals surface area contributed by atoms with Crippen LogP contribution < -0.4 is 10.2 Å². The number of anilines is 1. The summed E-state index contributed by atoms with van der Waals surface area (Å²) in [5.41, 5.74) is 6.48. The minimum Gasteiger partial charge on any atom is -0.352 e. The maximum absolute atomic E-state index is 4.87. The molecular weight excluding hydrogens is 298 g/mol. The standard InChI is InChI=1S/C19H21N5/c1-2-4-15-13-23(12-8-14(15)3-1)19-16-5-9-20-10-6-17(16)22-18-7-11-21-24(18)19/h1-4,7,11,20H,5-6,8-10,12-13H2. The van der Waals surface area contributed by atoms with Crippen molar-refractivity contribution in [2.75, 3.05) is 24.5 Å². The number of nitrogens with zero attached hydrogens (tertiary/aromatic N) is 4. The van der Waals surface area contributed by atoms with Crippen LogP contribution in [-0.4, -0.2) is 34.2 Å². The summed E-state index contributed by atoms with van der Waals surface area (Å²) in [6.45, 7) is 4.01. The average Bonchev–Trinajstić information content (AvgIpc) is 2.96. The molecule has 3 aromatic rings. The van der Waals surface area contributed by atoms with Gasteiger partial charge in [-0.2, -0.15) is 9.61 Å². The summed E-state index contributed by atoms with van der Waals surface area (Å²) in [5, 5.41) is 8.08. The van der Waals surface area contributed by atoms with Gasteiger partial charge in [0.2, 0.25) is 0 Å². The van der Waals surface area contributed by atoms with E-state index in [0.717, 1.165) is 51.1 Å². The van der Waals surface area contributed by atoms with Crippen molar-refractivity contribution in [2.45, 2.75) is 25.8 Å². The number of aromatic nitrogens is 3. The van der Waals surface area contributed by atoms with Crippen LogP contribution in [0.5, 0.6) is 0 Å². The summed E-state index contributed by atoms with van der Waals surface area (Å²) in [6, 6.07) is 10.8. The van der Waals surface area contributed by atoms with Crippen LogP contribution in [0.1, 0.15) is 22.4 Å². The van der Waals surface area contributed by atoms with Crippen LogP contribution in [0.2, 0.25) is 0 Å². The van der Waals surface area contributed by atoms with E-state index in [1.165, 1.54) is 28.2 Å². The Morgan fingerprint density at radius 2 is 1.83 bits per heavy atom. The van der Waals surface area contributed by atoms with E-state index < -0.39 is 0 Å². The van der Waals surface area contributed by atoms with Crippen LogP contribution in [0.15, 0.2) is 36.5 Å². The Morgan fingerprint density at radius 1 is 0.958 bits per heavy atom. The Hall–Kier alpha value is -2.40. The SMILES string of the molecule is c1ccc2c(c1)CCN(c1c3c(nc4ccnn14)CCNCC3)C2. The monoisotopic (exact) mass is 319 g/mol. The summed E-state index contributed by atoms with van der Waals surface area (Å²) >= 11 is 0. The summed E-state index contributed by atoms with van der Waals surface area (Å²) in [7, 11) is 0. The Morgan fingerprint density at radius 3 is 2.79 bits per heavy atom. The molecule has 5 heteroatoms. The van der Waals surface area contributed by atoms with Crippen LogP contribution in [0, 0.1) is 0 Å². The van der Waals surface area contributed by atoms with Crippen LogP contribution in [0.25, 0.3) is 5.65 Å². The van der Waals surface area contributed by atoms with Crippen molar-refractivity contribution in [2.24, 2.45) is 0 Å². The van der Waals surface area contributed by atoms with Gasteiger partial charge in [0.05, 0.1) is 11.9 Å². The predicted molar refractivity (Wildman–Crippen MR) is 94.5 cm³/mol. The molecule has 0 saturated carbocycles. The average molecular weight is 319 g/mol. The molecule has 1 aromatic carbocycles. The van der Waals surface area contributed by atoms with E-state index in [2.05, 4.69) is 39.6 Å². The predicted octanol–water partition coefficient (Wildman–Crippen LogP) is 1.98. The second kappa shape index (κ2) is 5.60. The second-order valence-corrected chi connectivity index (χ2v) is 6.65. The maximum Gasteiger partial charge on any atom is 0.157 e. The summed E-state index contributed by atoms with van der Waals surface area (Å²) < 4.78 is 2.04. The van der Waals surface area contributed by atoms with Crippen molar-refractivity contribution in [1.29, 1.82) is 0 Å². The molecule has 5 rings (SSSR count). The first-order chi connectivity index (χ1) is 11.9. The molecular formula is C19H21N5. The second-order valence-electron chi connectivity index (χ2n) is 6.65. The molecule has 0 fully saturated rings. The summed E-state index contributed by atoms with van der Waals surface area (Å²) in [4.78, 5) is 7.36. The van der Waals surface area contributed by atoms with E-state index in [1.54, 1.807) is 0 Å². The van der Waals surface area contributed by atoms with Gasteiger partial charge in [0.15, 0.2) is 5.65 Å². The molecule has 122 valence electrons. The smallest absolute Gasteiger partial charge is 0.157 e. The molecule has 0 radical (unpaired) electrons. The fourth-order valence-electron chi connectivity index (χ4n) is 4.02. The minimum atomic E-state index is 0.953. The summed E-state index contributed by atoms with van der Waals surface area (Å²) in [5.74, 6) is 1.25. The van der Waals surface area contributed by atoms with Crippen molar-refractivity contribution in [3.05, 3.63) is 58.9 Å². The molecule has 0 spiro atoms. The van der Waals surface area contributed by atoms with Gasteiger partial charge in [-0.25, -0.2) is 4.98 Å². The molecule has 24 heavy (non-hydrogen) atoms. The lowest BCUT2D eigenvalue weighted by Crippen LogP contribution is -2.33. The van der Waals surface area contributed by atoms with Crippen molar-refractivity contribution in [3.63, 3.8) is 0 Å². The highest BCUT2D eigenvalue weighted by Crippen LogP contribution is 2.30. The van der Waals surface area contributed by atoms with Gasteiger partial charge in [0.25, 0.3) is 0 Å². The Balaban J connectivity index is 1.66. The molecule has 0 atom stereocenters. The lowest BCUT2D eigenvalue weighted by molar-refractivity contribution is 0.689. The normalized spacial score (nSPS) is 17.4. The zero-order valence-corrected chi connectivity index (χ0v) is 13.7. The van der Waals surface area contributed by atoms with Gasteiger partial charge < -0.3 is 10.2 Å². The van der Waals surface area contributed by atoms with E-state index in [-0.39, 0.29) is 0 Å². The zero-order chi connectivity index (χ0) is 15.9. The maximum atomic E-state index is 4.87. The molecule has 0 unspecified atom stereocenters. The highest BCUT2D eigenvalue weighted by Gasteiger charge is 2.24. The molecule has 1 N–H and O–H groups in total. The fourth-order valence-corrected chi connectivity index (χ4v) is 4.02. The Kier molecular flexibility index (Phi) is 3.26. The molecule has 0 saturated heterocycles. The number of hydrogen-bond acceptors (Lipinski definition) is 4. The van der Waals surface area contributed by atoms with Crippen LogP contribution >= 0.6 is 0 Å². The van der Waals surface area contributed by atoms with Gasteiger partial charge in [-0.05, 0) is 30.5 Å². The van der Waals surface area contributed by atoms with E-state index >= 15 is 0 Å². The third-order valence-electron chi connectivity index (χ3n) is 5.21. The molecule has 0 bridgehead atoms. The largest absolute Gasteiger partial charge is 0.352 e. The molecule has 0 amide bonds. The first-order valence-electron chi connectivity index (χ1n) is 8.78. The third kappa shape index (κ3) is 2.19. The quantitative estimate of drug-likeness (QED) is 0.745. The first-order valence-corrected chi connectivity index (χ1v) is 8.78. The molecule has 2 aliphatic heterocycles. The molecule has 2 aromatic heterocycles. The lowest BCUT2D eigenvalue weighted by Gasteiger charge is -2.32. The lowest BCUT2D eigenvalue weighted by atomic mass is 9.99. The topological polar surface area (TPSA) is 45.5 Å². The van der Waals surface area contributed by atoms with E-state index in [1.807, 2.05) is 16.8 Å².